The van der Waals surface area contributed by atoms with Crippen LogP contribution in [0.4, 0.5) is 4.79 Å². The predicted molar refractivity (Wildman–Crippen MR) is 100 cm³/mol. The molecule has 0 aliphatic carbocycles. The average Bonchev–Trinajstić information content (AvgIpc) is 2.77. The van der Waals surface area contributed by atoms with Gasteiger partial charge in [-0.05, 0) is 63.8 Å². The number of nitrogens with zero attached hydrogens (tertiary/aromatic N) is 1. The molecule has 0 spiro atoms. The molecular weight excluding hydrogens is 330 g/mol. The lowest BCUT2D eigenvalue weighted by Crippen LogP contribution is -2.50. The fraction of sp³-hybridized carbons (Fsp3) is 0.667. The molecule has 1 unspecified atom stereocenters. The van der Waals surface area contributed by atoms with E-state index in [1.54, 1.807) is 7.11 Å². The van der Waals surface area contributed by atoms with Crippen LogP contribution < -0.4 is 4.74 Å². The van der Waals surface area contributed by atoms with Crippen LogP contribution in [0.2, 0.25) is 0 Å². The van der Waals surface area contributed by atoms with E-state index in [1.807, 2.05) is 25.7 Å². The van der Waals surface area contributed by atoms with Gasteiger partial charge in [0.25, 0.3) is 0 Å². The van der Waals surface area contributed by atoms with E-state index in [4.69, 9.17) is 14.2 Å². The summed E-state index contributed by atoms with van der Waals surface area (Å²) in [6.07, 6.45) is 3.76. The summed E-state index contributed by atoms with van der Waals surface area (Å²) in [4.78, 5) is 14.5. The van der Waals surface area contributed by atoms with Crippen molar-refractivity contribution in [1.29, 1.82) is 0 Å². The summed E-state index contributed by atoms with van der Waals surface area (Å²) in [5, 5.41) is 0. The van der Waals surface area contributed by atoms with Gasteiger partial charge in [-0.25, -0.2) is 4.79 Å². The van der Waals surface area contributed by atoms with E-state index in [0.717, 1.165) is 37.0 Å². The summed E-state index contributed by atoms with van der Waals surface area (Å²) in [6.45, 7) is 8.40. The highest BCUT2D eigenvalue weighted by Gasteiger charge is 2.45. The summed E-state index contributed by atoms with van der Waals surface area (Å²) in [7, 11) is 1.70. The van der Waals surface area contributed by atoms with Crippen LogP contribution in [0.1, 0.15) is 57.6 Å². The molecule has 2 aliphatic rings. The van der Waals surface area contributed by atoms with Crippen molar-refractivity contribution in [3.63, 3.8) is 0 Å². The van der Waals surface area contributed by atoms with Gasteiger partial charge in [0.15, 0.2) is 0 Å². The average molecular weight is 361 g/mol. The van der Waals surface area contributed by atoms with Crippen molar-refractivity contribution in [3.8, 4) is 5.75 Å². The van der Waals surface area contributed by atoms with Crippen molar-refractivity contribution in [2.24, 2.45) is 0 Å². The van der Waals surface area contributed by atoms with Crippen molar-refractivity contribution >= 4 is 6.09 Å². The van der Waals surface area contributed by atoms with E-state index in [0.29, 0.717) is 6.61 Å². The molecule has 2 aliphatic heterocycles. The first-order chi connectivity index (χ1) is 12.2. The molecule has 0 aromatic heterocycles. The molecule has 0 N–H and O–H groups in total. The Morgan fingerprint density at radius 3 is 2.38 bits per heavy atom. The third kappa shape index (κ3) is 4.50. The van der Waals surface area contributed by atoms with Crippen LogP contribution in [0.5, 0.6) is 5.75 Å². The number of piperidine rings is 1. The fourth-order valence-electron chi connectivity index (χ4n) is 4.17. The minimum atomic E-state index is -0.455. The number of methoxy groups -OCH3 is 1. The van der Waals surface area contributed by atoms with E-state index >= 15 is 0 Å². The Hall–Kier alpha value is -1.75. The van der Waals surface area contributed by atoms with Gasteiger partial charge in [0.2, 0.25) is 0 Å². The van der Waals surface area contributed by atoms with E-state index in [2.05, 4.69) is 25.1 Å². The number of benzene rings is 1. The normalized spacial score (nSPS) is 25.3. The lowest BCUT2D eigenvalue weighted by atomic mass is 10.00. The zero-order chi connectivity index (χ0) is 18.9. The second-order valence-corrected chi connectivity index (χ2v) is 8.57. The number of carbonyl (C=O) groups excluding carboxylic acids is 1. The molecule has 0 saturated carbocycles. The van der Waals surface area contributed by atoms with Gasteiger partial charge in [-0.3, -0.25) is 0 Å². The van der Waals surface area contributed by atoms with E-state index in [-0.39, 0.29) is 24.3 Å². The number of hydrogen-bond donors (Lipinski definition) is 0. The number of carbonyl (C=O) groups is 1. The van der Waals surface area contributed by atoms with Crippen molar-refractivity contribution in [2.45, 2.75) is 83.8 Å². The molecule has 2 bridgehead atoms. The van der Waals surface area contributed by atoms with E-state index in [9.17, 15) is 4.79 Å². The maximum Gasteiger partial charge on any atom is 0.410 e. The van der Waals surface area contributed by atoms with Crippen molar-refractivity contribution in [2.75, 3.05) is 7.11 Å². The first-order valence-electron chi connectivity index (χ1n) is 9.52. The number of amides is 1. The third-order valence-corrected chi connectivity index (χ3v) is 5.02. The van der Waals surface area contributed by atoms with Gasteiger partial charge >= 0.3 is 6.09 Å². The molecule has 1 aromatic carbocycles. The van der Waals surface area contributed by atoms with Gasteiger partial charge in [0.1, 0.15) is 17.5 Å². The van der Waals surface area contributed by atoms with Crippen LogP contribution in [0.25, 0.3) is 0 Å². The first kappa shape index (κ1) is 19.0. The van der Waals surface area contributed by atoms with Gasteiger partial charge < -0.3 is 19.1 Å². The molecule has 1 amide bonds. The molecule has 0 radical (unpaired) electrons. The van der Waals surface area contributed by atoms with Crippen LogP contribution in [-0.2, 0) is 16.1 Å². The summed E-state index contributed by atoms with van der Waals surface area (Å²) < 4.78 is 17.1. The Labute approximate surface area is 156 Å². The quantitative estimate of drug-likeness (QED) is 0.795. The number of aryl methyl sites for hydroxylation is 1. The molecule has 2 saturated heterocycles. The molecule has 2 heterocycles. The molecule has 2 fully saturated rings. The Balaban J connectivity index is 1.65. The summed E-state index contributed by atoms with van der Waals surface area (Å²) >= 11 is 0. The molecule has 1 aromatic rings. The maximum atomic E-state index is 12.5. The van der Waals surface area contributed by atoms with Gasteiger partial charge in [-0.1, -0.05) is 6.07 Å². The SMILES string of the molecule is COCc1cc(C)cc(OC2C[C@H]3CC[C@@H](C2)N3C(=O)OC(C)(C)C)c1. The van der Waals surface area contributed by atoms with Crippen LogP contribution >= 0.6 is 0 Å². The first-order valence-corrected chi connectivity index (χ1v) is 9.52. The molecule has 5 nitrogen and oxygen atoms in total. The lowest BCUT2D eigenvalue weighted by molar-refractivity contribution is -0.00709. The predicted octanol–water partition coefficient (Wildman–Crippen LogP) is 4.45. The number of hydrogen-bond acceptors (Lipinski definition) is 4. The van der Waals surface area contributed by atoms with Crippen LogP contribution in [0.3, 0.4) is 0 Å². The fourth-order valence-corrected chi connectivity index (χ4v) is 4.17. The number of rotatable bonds is 4. The Kier molecular flexibility index (Phi) is 5.47. The van der Waals surface area contributed by atoms with Gasteiger partial charge in [-0.15, -0.1) is 0 Å². The summed E-state index contributed by atoms with van der Waals surface area (Å²) in [5.41, 5.74) is 1.84. The number of fused-ring (bicyclic) bond motifs is 2. The van der Waals surface area contributed by atoms with Crippen LogP contribution in [-0.4, -0.2) is 41.9 Å². The standard InChI is InChI=1S/C21H31NO4/c1-14-8-15(13-24-5)10-18(9-14)25-19-11-16-6-7-17(12-19)22(16)20(23)26-21(2,3)4/h8-10,16-17,19H,6-7,11-13H2,1-5H3/t16-,17+,19?. The summed E-state index contributed by atoms with van der Waals surface area (Å²) in [6, 6.07) is 6.68. The molecule has 26 heavy (non-hydrogen) atoms. The van der Waals surface area contributed by atoms with Crippen LogP contribution in [0, 0.1) is 6.92 Å². The lowest BCUT2D eigenvalue weighted by Gasteiger charge is -2.39. The highest BCUT2D eigenvalue weighted by atomic mass is 16.6. The zero-order valence-electron chi connectivity index (χ0n) is 16.6. The zero-order valence-corrected chi connectivity index (χ0v) is 16.6. The minimum Gasteiger partial charge on any atom is -0.490 e. The van der Waals surface area contributed by atoms with Crippen LogP contribution in [0.15, 0.2) is 18.2 Å². The molecule has 5 heteroatoms. The highest BCUT2D eigenvalue weighted by Crippen LogP contribution is 2.38. The van der Waals surface area contributed by atoms with Gasteiger partial charge in [-0.2, -0.15) is 0 Å². The second-order valence-electron chi connectivity index (χ2n) is 8.57. The van der Waals surface area contributed by atoms with E-state index < -0.39 is 5.60 Å². The van der Waals surface area contributed by atoms with E-state index in [1.165, 1.54) is 5.56 Å². The molecule has 144 valence electrons. The Morgan fingerprint density at radius 1 is 1.15 bits per heavy atom. The molecular formula is C21H31NO4. The van der Waals surface area contributed by atoms with Gasteiger partial charge in [0.05, 0.1) is 6.61 Å². The largest absolute Gasteiger partial charge is 0.490 e. The maximum absolute atomic E-state index is 12.5. The highest BCUT2D eigenvalue weighted by molar-refractivity contribution is 5.69. The molecule has 3 rings (SSSR count). The van der Waals surface area contributed by atoms with Crippen molar-refractivity contribution < 1.29 is 19.0 Å². The second kappa shape index (κ2) is 7.47. The third-order valence-electron chi connectivity index (χ3n) is 5.02. The topological polar surface area (TPSA) is 48.0 Å². The van der Waals surface area contributed by atoms with Crippen molar-refractivity contribution in [1.82, 2.24) is 4.90 Å². The molecule has 3 atom stereocenters. The monoisotopic (exact) mass is 361 g/mol. The minimum absolute atomic E-state index is 0.142. The number of ether oxygens (including phenoxy) is 3. The Bertz CT molecular complexity index is 638. The van der Waals surface area contributed by atoms with Gasteiger partial charge in [0, 0.05) is 32.0 Å². The van der Waals surface area contributed by atoms with Crippen molar-refractivity contribution in [3.05, 3.63) is 29.3 Å². The Morgan fingerprint density at radius 2 is 1.81 bits per heavy atom. The summed E-state index contributed by atoms with van der Waals surface area (Å²) in [5.74, 6) is 0.896. The smallest absolute Gasteiger partial charge is 0.410 e.